The molecule has 0 saturated carbocycles. The number of carbonyl (C=O) groups is 1. The van der Waals surface area contributed by atoms with Gasteiger partial charge in [-0.2, -0.15) is 0 Å². The van der Waals surface area contributed by atoms with Crippen molar-refractivity contribution in [3.8, 4) is 0 Å². The van der Waals surface area contributed by atoms with Gasteiger partial charge in [0.05, 0.1) is 12.1 Å². The first-order valence-corrected chi connectivity index (χ1v) is 6.86. The molecule has 1 fully saturated rings. The van der Waals surface area contributed by atoms with E-state index in [1.165, 1.54) is 6.42 Å². The van der Waals surface area contributed by atoms with Crippen molar-refractivity contribution in [3.05, 3.63) is 0 Å². The van der Waals surface area contributed by atoms with Crippen molar-refractivity contribution in [2.75, 3.05) is 33.2 Å². The zero-order valence-electron chi connectivity index (χ0n) is 12.4. The summed E-state index contributed by atoms with van der Waals surface area (Å²) in [7, 11) is 1.88. The largest absolute Gasteiger partial charge is 0.389 e. The molecular weight excluding hydrogens is 228 g/mol. The fourth-order valence-corrected chi connectivity index (χ4v) is 2.91. The van der Waals surface area contributed by atoms with Crippen LogP contribution in [0.25, 0.3) is 0 Å². The molecule has 1 amide bonds. The Labute approximate surface area is 111 Å². The number of likely N-dealkylation sites (N-methyl/N-ethyl adjacent to an activating group) is 1. The van der Waals surface area contributed by atoms with Crippen LogP contribution in [0.1, 0.15) is 34.1 Å². The molecule has 1 saturated heterocycles. The van der Waals surface area contributed by atoms with Crippen LogP contribution >= 0.6 is 0 Å². The molecule has 0 bridgehead atoms. The van der Waals surface area contributed by atoms with Gasteiger partial charge in [-0.05, 0) is 39.2 Å². The Morgan fingerprint density at radius 2 is 1.83 bits per heavy atom. The van der Waals surface area contributed by atoms with Crippen LogP contribution in [-0.2, 0) is 4.79 Å². The zero-order valence-corrected chi connectivity index (χ0v) is 12.4. The Hall–Kier alpha value is -0.610. The average molecular weight is 256 g/mol. The highest BCUT2D eigenvalue weighted by Gasteiger charge is 2.26. The number of rotatable bonds is 4. The summed E-state index contributed by atoms with van der Waals surface area (Å²) in [5.41, 5.74) is -0.752. The maximum atomic E-state index is 12.2. The van der Waals surface area contributed by atoms with Crippen LogP contribution < -0.4 is 0 Å². The van der Waals surface area contributed by atoms with E-state index in [2.05, 4.69) is 13.8 Å². The fourth-order valence-electron chi connectivity index (χ4n) is 2.91. The Balaban J connectivity index is 2.45. The lowest BCUT2D eigenvalue weighted by Gasteiger charge is -2.36. The van der Waals surface area contributed by atoms with Gasteiger partial charge in [-0.25, -0.2) is 0 Å². The fraction of sp³-hybridized carbons (Fsp3) is 0.929. The standard InChI is InChI=1S/C14H28N2O2/c1-11-6-12(2)8-16(7-11)13(17)9-15(5)10-14(3,4)18/h11-12,18H,6-10H2,1-5H3. The minimum atomic E-state index is -0.752. The Morgan fingerprint density at radius 3 is 2.28 bits per heavy atom. The highest BCUT2D eigenvalue weighted by Crippen LogP contribution is 2.21. The van der Waals surface area contributed by atoms with Crippen molar-refractivity contribution in [3.63, 3.8) is 0 Å². The van der Waals surface area contributed by atoms with E-state index >= 15 is 0 Å². The summed E-state index contributed by atoms with van der Waals surface area (Å²) in [6, 6.07) is 0. The van der Waals surface area contributed by atoms with Crippen molar-refractivity contribution >= 4 is 5.91 Å². The van der Waals surface area contributed by atoms with E-state index in [1.54, 1.807) is 13.8 Å². The number of amides is 1. The van der Waals surface area contributed by atoms with E-state index in [9.17, 15) is 9.90 Å². The molecule has 0 spiro atoms. The molecule has 1 N–H and O–H groups in total. The predicted molar refractivity (Wildman–Crippen MR) is 73.3 cm³/mol. The smallest absolute Gasteiger partial charge is 0.236 e. The van der Waals surface area contributed by atoms with E-state index in [0.29, 0.717) is 24.9 Å². The van der Waals surface area contributed by atoms with Crippen molar-refractivity contribution in [2.45, 2.75) is 39.7 Å². The molecule has 0 aromatic carbocycles. The van der Waals surface area contributed by atoms with Gasteiger partial charge in [0.2, 0.25) is 5.91 Å². The van der Waals surface area contributed by atoms with Crippen LogP contribution in [0, 0.1) is 11.8 Å². The first-order valence-electron chi connectivity index (χ1n) is 6.86. The summed E-state index contributed by atoms with van der Waals surface area (Å²) in [4.78, 5) is 16.1. The lowest BCUT2D eigenvalue weighted by molar-refractivity contribution is -0.135. The van der Waals surface area contributed by atoms with Gasteiger partial charge < -0.3 is 10.0 Å². The number of carbonyl (C=O) groups excluding carboxylic acids is 1. The molecule has 4 nitrogen and oxygen atoms in total. The van der Waals surface area contributed by atoms with E-state index in [0.717, 1.165) is 13.1 Å². The Kier molecular flexibility index (Phi) is 5.17. The van der Waals surface area contributed by atoms with E-state index in [1.807, 2.05) is 16.8 Å². The van der Waals surface area contributed by atoms with Gasteiger partial charge in [0.25, 0.3) is 0 Å². The van der Waals surface area contributed by atoms with Crippen LogP contribution in [-0.4, -0.2) is 59.6 Å². The van der Waals surface area contributed by atoms with Crippen LogP contribution in [0.15, 0.2) is 0 Å². The monoisotopic (exact) mass is 256 g/mol. The normalized spacial score (nSPS) is 25.6. The lowest BCUT2D eigenvalue weighted by atomic mass is 9.92. The van der Waals surface area contributed by atoms with Gasteiger partial charge in [0, 0.05) is 19.6 Å². The second-order valence-electron chi connectivity index (χ2n) is 6.73. The highest BCUT2D eigenvalue weighted by atomic mass is 16.3. The maximum Gasteiger partial charge on any atom is 0.236 e. The molecule has 4 heteroatoms. The van der Waals surface area contributed by atoms with E-state index < -0.39 is 5.60 Å². The molecule has 1 aliphatic heterocycles. The van der Waals surface area contributed by atoms with Gasteiger partial charge in [0.15, 0.2) is 0 Å². The zero-order chi connectivity index (χ0) is 13.9. The van der Waals surface area contributed by atoms with E-state index in [-0.39, 0.29) is 5.91 Å². The predicted octanol–water partition coefficient (Wildman–Crippen LogP) is 1.19. The summed E-state index contributed by atoms with van der Waals surface area (Å²) in [6.45, 7) is 10.6. The second-order valence-corrected chi connectivity index (χ2v) is 6.73. The lowest BCUT2D eigenvalue weighted by Crippen LogP contribution is -2.48. The number of piperidine rings is 1. The van der Waals surface area contributed by atoms with E-state index in [4.69, 9.17) is 0 Å². The van der Waals surface area contributed by atoms with Crippen molar-refractivity contribution in [2.24, 2.45) is 11.8 Å². The van der Waals surface area contributed by atoms with Crippen molar-refractivity contribution in [1.29, 1.82) is 0 Å². The third-order valence-electron chi connectivity index (χ3n) is 3.28. The molecule has 2 atom stereocenters. The number of likely N-dealkylation sites (tertiary alicyclic amines) is 1. The Bertz CT molecular complexity index is 276. The topological polar surface area (TPSA) is 43.8 Å². The average Bonchev–Trinajstić information content (AvgIpc) is 2.12. The minimum Gasteiger partial charge on any atom is -0.389 e. The van der Waals surface area contributed by atoms with Crippen molar-refractivity contribution in [1.82, 2.24) is 9.80 Å². The summed E-state index contributed by atoms with van der Waals surface area (Å²) in [5.74, 6) is 1.37. The highest BCUT2D eigenvalue weighted by molar-refractivity contribution is 5.78. The van der Waals surface area contributed by atoms with Crippen LogP contribution in [0.4, 0.5) is 0 Å². The molecule has 2 unspecified atom stereocenters. The third kappa shape index (κ3) is 5.36. The summed E-state index contributed by atoms with van der Waals surface area (Å²) in [5, 5.41) is 9.73. The summed E-state index contributed by atoms with van der Waals surface area (Å²) >= 11 is 0. The number of hydrogen-bond donors (Lipinski definition) is 1. The van der Waals surface area contributed by atoms with Crippen LogP contribution in [0.2, 0.25) is 0 Å². The Morgan fingerprint density at radius 1 is 1.33 bits per heavy atom. The van der Waals surface area contributed by atoms with Crippen LogP contribution in [0.3, 0.4) is 0 Å². The maximum absolute atomic E-state index is 12.2. The first kappa shape index (κ1) is 15.4. The van der Waals surface area contributed by atoms with Gasteiger partial charge in [-0.1, -0.05) is 13.8 Å². The quantitative estimate of drug-likeness (QED) is 0.822. The molecule has 0 aromatic heterocycles. The molecule has 1 rings (SSSR count). The molecule has 106 valence electrons. The van der Waals surface area contributed by atoms with Gasteiger partial charge in [0.1, 0.15) is 0 Å². The molecule has 18 heavy (non-hydrogen) atoms. The molecule has 1 heterocycles. The molecule has 0 aliphatic carbocycles. The van der Waals surface area contributed by atoms with Gasteiger partial charge in [-0.3, -0.25) is 9.69 Å². The first-order chi connectivity index (χ1) is 8.17. The van der Waals surface area contributed by atoms with Gasteiger partial charge in [-0.15, -0.1) is 0 Å². The third-order valence-corrected chi connectivity index (χ3v) is 3.28. The number of aliphatic hydroxyl groups is 1. The minimum absolute atomic E-state index is 0.181. The van der Waals surface area contributed by atoms with Gasteiger partial charge >= 0.3 is 0 Å². The molecule has 0 radical (unpaired) electrons. The van der Waals surface area contributed by atoms with Crippen LogP contribution in [0.5, 0.6) is 0 Å². The molecule has 1 aliphatic rings. The number of hydrogen-bond acceptors (Lipinski definition) is 3. The molecule has 0 aromatic rings. The summed E-state index contributed by atoms with van der Waals surface area (Å²) < 4.78 is 0. The second kappa shape index (κ2) is 6.02. The summed E-state index contributed by atoms with van der Waals surface area (Å²) in [6.07, 6.45) is 1.21. The SMILES string of the molecule is CC1CC(C)CN(C(=O)CN(C)CC(C)(C)O)C1. The molecular formula is C14H28N2O2. The number of nitrogens with zero attached hydrogens (tertiary/aromatic N) is 2. The van der Waals surface area contributed by atoms with Crippen molar-refractivity contribution < 1.29 is 9.90 Å².